The SMILES string of the molecule is CC(O)CC(C)CNC(C)C(C)(C)c1ccccc1. The van der Waals surface area contributed by atoms with Crippen molar-refractivity contribution in [2.75, 3.05) is 6.54 Å². The molecule has 0 spiro atoms. The fraction of sp³-hybridized carbons (Fsp3) is 0.647. The van der Waals surface area contributed by atoms with E-state index >= 15 is 0 Å². The van der Waals surface area contributed by atoms with Gasteiger partial charge in [0.05, 0.1) is 6.10 Å². The molecule has 1 rings (SSSR count). The van der Waals surface area contributed by atoms with E-state index in [4.69, 9.17) is 0 Å². The lowest BCUT2D eigenvalue weighted by Gasteiger charge is -2.34. The van der Waals surface area contributed by atoms with Gasteiger partial charge in [-0.1, -0.05) is 51.1 Å². The van der Waals surface area contributed by atoms with Crippen LogP contribution >= 0.6 is 0 Å². The van der Waals surface area contributed by atoms with E-state index < -0.39 is 0 Å². The Bertz CT molecular complexity index is 359. The van der Waals surface area contributed by atoms with Gasteiger partial charge in [-0.2, -0.15) is 0 Å². The Kier molecular flexibility index (Phi) is 6.02. The van der Waals surface area contributed by atoms with Gasteiger partial charge in [0.2, 0.25) is 0 Å². The van der Waals surface area contributed by atoms with Crippen LogP contribution in [0.1, 0.15) is 46.6 Å². The Morgan fingerprint density at radius 1 is 1.11 bits per heavy atom. The number of aliphatic hydroxyl groups is 1. The third kappa shape index (κ3) is 4.96. The van der Waals surface area contributed by atoms with Gasteiger partial charge in [0.25, 0.3) is 0 Å². The zero-order chi connectivity index (χ0) is 14.5. The number of rotatable bonds is 7. The highest BCUT2D eigenvalue weighted by molar-refractivity contribution is 5.25. The van der Waals surface area contributed by atoms with E-state index in [2.05, 4.69) is 63.3 Å². The van der Waals surface area contributed by atoms with Crippen molar-refractivity contribution in [3.8, 4) is 0 Å². The average molecular weight is 263 g/mol. The normalized spacial score (nSPS) is 16.9. The molecule has 0 amide bonds. The molecule has 2 heteroatoms. The van der Waals surface area contributed by atoms with Crippen molar-refractivity contribution in [2.45, 2.75) is 58.6 Å². The Balaban J connectivity index is 2.55. The minimum Gasteiger partial charge on any atom is -0.393 e. The number of aliphatic hydroxyl groups excluding tert-OH is 1. The van der Waals surface area contributed by atoms with E-state index in [0.717, 1.165) is 13.0 Å². The standard InChI is InChI=1S/C17H29NO/c1-13(11-14(2)19)12-18-15(3)17(4,5)16-9-7-6-8-10-16/h6-10,13-15,18-19H,11-12H2,1-5H3. The number of hydrogen-bond donors (Lipinski definition) is 2. The predicted octanol–water partition coefficient (Wildman–Crippen LogP) is 3.35. The van der Waals surface area contributed by atoms with E-state index in [1.165, 1.54) is 5.56 Å². The zero-order valence-corrected chi connectivity index (χ0v) is 13.0. The van der Waals surface area contributed by atoms with Crippen molar-refractivity contribution in [2.24, 2.45) is 5.92 Å². The summed E-state index contributed by atoms with van der Waals surface area (Å²) < 4.78 is 0. The maximum Gasteiger partial charge on any atom is 0.0515 e. The molecule has 0 aromatic heterocycles. The summed E-state index contributed by atoms with van der Waals surface area (Å²) in [5.74, 6) is 0.494. The van der Waals surface area contributed by atoms with Crippen LogP contribution in [-0.2, 0) is 5.41 Å². The molecule has 0 heterocycles. The molecule has 0 aliphatic heterocycles. The molecular weight excluding hydrogens is 234 g/mol. The van der Waals surface area contributed by atoms with Crippen LogP contribution in [0.25, 0.3) is 0 Å². The number of hydrogen-bond acceptors (Lipinski definition) is 2. The van der Waals surface area contributed by atoms with Gasteiger partial charge in [-0.3, -0.25) is 0 Å². The maximum atomic E-state index is 9.40. The molecular formula is C17H29NO. The fourth-order valence-electron chi connectivity index (χ4n) is 2.42. The third-order valence-electron chi connectivity index (χ3n) is 4.12. The monoisotopic (exact) mass is 263 g/mol. The molecule has 19 heavy (non-hydrogen) atoms. The third-order valence-corrected chi connectivity index (χ3v) is 4.12. The summed E-state index contributed by atoms with van der Waals surface area (Å²) in [5, 5.41) is 13.0. The Morgan fingerprint density at radius 2 is 1.68 bits per heavy atom. The van der Waals surface area contributed by atoms with E-state index in [1.54, 1.807) is 0 Å². The number of benzene rings is 1. The highest BCUT2D eigenvalue weighted by Crippen LogP contribution is 2.26. The summed E-state index contributed by atoms with van der Waals surface area (Å²) >= 11 is 0. The van der Waals surface area contributed by atoms with Crippen LogP contribution in [0, 0.1) is 5.92 Å². The lowest BCUT2D eigenvalue weighted by molar-refractivity contribution is 0.161. The summed E-state index contributed by atoms with van der Waals surface area (Å²) in [7, 11) is 0. The smallest absolute Gasteiger partial charge is 0.0515 e. The Hall–Kier alpha value is -0.860. The Morgan fingerprint density at radius 3 is 2.21 bits per heavy atom. The lowest BCUT2D eigenvalue weighted by atomic mass is 9.78. The molecule has 3 unspecified atom stereocenters. The van der Waals surface area contributed by atoms with E-state index in [1.807, 2.05) is 6.92 Å². The molecule has 0 bridgehead atoms. The summed E-state index contributed by atoms with van der Waals surface area (Å²) in [5.41, 5.74) is 1.46. The molecule has 0 fully saturated rings. The van der Waals surface area contributed by atoms with Crippen LogP contribution in [-0.4, -0.2) is 23.8 Å². The average Bonchev–Trinajstić information content (AvgIpc) is 2.36. The summed E-state index contributed by atoms with van der Waals surface area (Å²) in [4.78, 5) is 0. The van der Waals surface area contributed by atoms with Crippen LogP contribution in [0.2, 0.25) is 0 Å². The highest BCUT2D eigenvalue weighted by atomic mass is 16.3. The van der Waals surface area contributed by atoms with Gasteiger partial charge >= 0.3 is 0 Å². The second-order valence-corrected chi connectivity index (χ2v) is 6.41. The van der Waals surface area contributed by atoms with Crippen molar-refractivity contribution in [3.63, 3.8) is 0 Å². The van der Waals surface area contributed by atoms with Gasteiger partial charge in [0.1, 0.15) is 0 Å². The molecule has 2 nitrogen and oxygen atoms in total. The van der Waals surface area contributed by atoms with Gasteiger partial charge in [0.15, 0.2) is 0 Å². The highest BCUT2D eigenvalue weighted by Gasteiger charge is 2.27. The van der Waals surface area contributed by atoms with Gasteiger partial charge in [-0.15, -0.1) is 0 Å². The first-order chi connectivity index (χ1) is 8.84. The second kappa shape index (κ2) is 7.06. The largest absolute Gasteiger partial charge is 0.393 e. The van der Waals surface area contributed by atoms with Crippen LogP contribution < -0.4 is 5.32 Å². The first-order valence-electron chi connectivity index (χ1n) is 7.31. The van der Waals surface area contributed by atoms with Crippen molar-refractivity contribution in [3.05, 3.63) is 35.9 Å². The second-order valence-electron chi connectivity index (χ2n) is 6.41. The minimum atomic E-state index is -0.214. The quantitative estimate of drug-likeness (QED) is 0.790. The zero-order valence-electron chi connectivity index (χ0n) is 13.0. The molecule has 1 aromatic rings. The van der Waals surface area contributed by atoms with Crippen LogP contribution in [0.3, 0.4) is 0 Å². The van der Waals surface area contributed by atoms with Crippen molar-refractivity contribution in [1.29, 1.82) is 0 Å². The van der Waals surface area contributed by atoms with E-state index in [0.29, 0.717) is 12.0 Å². The molecule has 0 saturated heterocycles. The van der Waals surface area contributed by atoms with Crippen molar-refractivity contribution >= 4 is 0 Å². The molecule has 0 radical (unpaired) electrons. The van der Waals surface area contributed by atoms with Gasteiger partial charge < -0.3 is 10.4 Å². The topological polar surface area (TPSA) is 32.3 Å². The molecule has 2 N–H and O–H groups in total. The number of nitrogens with one attached hydrogen (secondary N) is 1. The molecule has 0 aliphatic carbocycles. The first-order valence-corrected chi connectivity index (χ1v) is 7.31. The van der Waals surface area contributed by atoms with Crippen molar-refractivity contribution in [1.82, 2.24) is 5.32 Å². The van der Waals surface area contributed by atoms with Crippen LogP contribution in [0.15, 0.2) is 30.3 Å². The Labute approximate surface area is 118 Å². The van der Waals surface area contributed by atoms with Crippen LogP contribution in [0.5, 0.6) is 0 Å². The lowest BCUT2D eigenvalue weighted by Crippen LogP contribution is -2.44. The summed E-state index contributed by atoms with van der Waals surface area (Å²) in [6.45, 7) is 11.8. The predicted molar refractivity (Wildman–Crippen MR) is 82.4 cm³/mol. The first kappa shape index (κ1) is 16.2. The molecule has 0 saturated carbocycles. The molecule has 1 aromatic carbocycles. The molecule has 108 valence electrons. The summed E-state index contributed by atoms with van der Waals surface area (Å²) in [6.07, 6.45) is 0.639. The van der Waals surface area contributed by atoms with Gasteiger partial charge in [-0.05, 0) is 38.3 Å². The van der Waals surface area contributed by atoms with Gasteiger partial charge in [-0.25, -0.2) is 0 Å². The van der Waals surface area contributed by atoms with Gasteiger partial charge in [0, 0.05) is 11.5 Å². The fourth-order valence-corrected chi connectivity index (χ4v) is 2.42. The van der Waals surface area contributed by atoms with Crippen molar-refractivity contribution < 1.29 is 5.11 Å². The molecule has 0 aliphatic rings. The van der Waals surface area contributed by atoms with Crippen LogP contribution in [0.4, 0.5) is 0 Å². The molecule has 3 atom stereocenters. The summed E-state index contributed by atoms with van der Waals surface area (Å²) in [6, 6.07) is 11.0. The maximum absolute atomic E-state index is 9.40. The van der Waals surface area contributed by atoms with E-state index in [-0.39, 0.29) is 11.5 Å². The van der Waals surface area contributed by atoms with E-state index in [9.17, 15) is 5.11 Å². The minimum absolute atomic E-state index is 0.103.